The number of imidazole rings is 1. The first-order valence-corrected chi connectivity index (χ1v) is 6.75. The van der Waals surface area contributed by atoms with Crippen molar-refractivity contribution in [1.29, 1.82) is 0 Å². The van der Waals surface area contributed by atoms with Crippen LogP contribution in [-0.4, -0.2) is 24.6 Å². The fraction of sp³-hybridized carbons (Fsp3) is 0. The van der Waals surface area contributed by atoms with Gasteiger partial charge < -0.3 is 4.98 Å². The molecule has 0 aromatic carbocycles. The van der Waals surface area contributed by atoms with Crippen LogP contribution in [0.3, 0.4) is 0 Å². The number of rotatable bonds is 1. The van der Waals surface area contributed by atoms with Gasteiger partial charge in [0.1, 0.15) is 0 Å². The van der Waals surface area contributed by atoms with E-state index in [4.69, 9.17) is 23.2 Å². The first-order valence-electron chi connectivity index (χ1n) is 5.20. The van der Waals surface area contributed by atoms with E-state index >= 15 is 0 Å². The average Bonchev–Trinajstić information content (AvgIpc) is 2.67. The topological polar surface area (TPSA) is 95.9 Å². The number of nitrogens with zero attached hydrogens (tertiary/aromatic N) is 3. The normalized spacial score (nSPS) is 11.2. The van der Waals surface area contributed by atoms with E-state index in [1.807, 2.05) is 0 Å². The van der Waals surface area contributed by atoms with Crippen molar-refractivity contribution in [3.8, 4) is 11.3 Å². The summed E-state index contributed by atoms with van der Waals surface area (Å²) in [6.07, 6.45) is 1.27. The van der Waals surface area contributed by atoms with Crippen LogP contribution < -0.4 is 11.2 Å². The molecule has 20 heavy (non-hydrogen) atoms. The quantitative estimate of drug-likeness (QED) is 0.677. The van der Waals surface area contributed by atoms with Crippen molar-refractivity contribution in [2.24, 2.45) is 0 Å². The Labute approximate surface area is 128 Å². The third-order valence-electron chi connectivity index (χ3n) is 2.54. The molecule has 3 aromatic rings. The first kappa shape index (κ1) is 13.3. The van der Waals surface area contributed by atoms with Crippen LogP contribution in [0.1, 0.15) is 0 Å². The van der Waals surface area contributed by atoms with Crippen molar-refractivity contribution in [3.05, 3.63) is 47.9 Å². The maximum atomic E-state index is 11.8. The van der Waals surface area contributed by atoms with Gasteiger partial charge in [0.15, 0.2) is 16.0 Å². The highest BCUT2D eigenvalue weighted by Gasteiger charge is 2.15. The Morgan fingerprint density at radius 3 is 2.75 bits per heavy atom. The zero-order chi connectivity index (χ0) is 14.4. The van der Waals surface area contributed by atoms with Gasteiger partial charge in [-0.1, -0.05) is 23.2 Å². The Balaban J connectivity index is 2.35. The third kappa shape index (κ3) is 2.05. The molecular weight excluding hydrogens is 373 g/mol. The van der Waals surface area contributed by atoms with Crippen LogP contribution in [0.2, 0.25) is 10.3 Å². The molecule has 0 spiro atoms. The van der Waals surface area contributed by atoms with Gasteiger partial charge in [-0.25, -0.2) is 9.78 Å². The maximum Gasteiger partial charge on any atom is 0.325 e. The summed E-state index contributed by atoms with van der Waals surface area (Å²) in [5.74, 6) is 0. The van der Waals surface area contributed by atoms with Gasteiger partial charge in [-0.2, -0.15) is 9.61 Å². The molecule has 0 aliphatic heterocycles. The minimum absolute atomic E-state index is 0.104. The van der Waals surface area contributed by atoms with E-state index in [1.54, 1.807) is 6.07 Å². The first-order chi connectivity index (χ1) is 9.47. The van der Waals surface area contributed by atoms with Crippen LogP contribution in [0.25, 0.3) is 16.9 Å². The van der Waals surface area contributed by atoms with E-state index in [-0.39, 0.29) is 15.9 Å². The van der Waals surface area contributed by atoms with E-state index in [2.05, 4.69) is 36.0 Å². The smallest absolute Gasteiger partial charge is 0.313 e. The molecule has 0 amide bonds. The largest absolute Gasteiger partial charge is 0.325 e. The van der Waals surface area contributed by atoms with Gasteiger partial charge in [0.05, 0.1) is 15.7 Å². The van der Waals surface area contributed by atoms with Crippen molar-refractivity contribution in [3.63, 3.8) is 0 Å². The van der Waals surface area contributed by atoms with Gasteiger partial charge in [0.25, 0.3) is 5.56 Å². The summed E-state index contributed by atoms with van der Waals surface area (Å²) in [7, 11) is 0. The second-order valence-corrected chi connectivity index (χ2v) is 5.36. The van der Waals surface area contributed by atoms with Crippen LogP contribution in [0, 0.1) is 0 Å². The van der Waals surface area contributed by atoms with Crippen molar-refractivity contribution >= 4 is 44.8 Å². The molecule has 0 saturated heterocycles. The molecule has 7 nitrogen and oxygen atoms in total. The molecule has 2 N–H and O–H groups in total. The second-order valence-electron chi connectivity index (χ2n) is 3.79. The molecule has 0 fully saturated rings. The summed E-state index contributed by atoms with van der Waals surface area (Å²) in [6.45, 7) is 0. The lowest BCUT2D eigenvalue weighted by atomic mass is 10.2. The van der Waals surface area contributed by atoms with Gasteiger partial charge in [-0.05, 0) is 22.0 Å². The number of aromatic amines is 2. The fourth-order valence-electron chi connectivity index (χ4n) is 1.67. The Morgan fingerprint density at radius 1 is 1.30 bits per heavy atom. The molecule has 3 rings (SSSR count). The molecule has 3 aromatic heterocycles. The van der Waals surface area contributed by atoms with E-state index in [9.17, 15) is 9.59 Å². The van der Waals surface area contributed by atoms with Crippen molar-refractivity contribution < 1.29 is 0 Å². The molecule has 0 unspecified atom stereocenters. The zero-order valence-corrected chi connectivity index (χ0v) is 12.5. The lowest BCUT2D eigenvalue weighted by Gasteiger charge is -2.02. The summed E-state index contributed by atoms with van der Waals surface area (Å²) >= 11 is 15.1. The number of nitrogens with one attached hydrogen (secondary N) is 2. The molecular formula is C10H4BrCl2N5O2. The highest BCUT2D eigenvalue weighted by molar-refractivity contribution is 9.10. The number of halogens is 3. The molecule has 0 atom stereocenters. The van der Waals surface area contributed by atoms with Crippen LogP contribution in [0.5, 0.6) is 0 Å². The Bertz CT molecular complexity index is 945. The second kappa shape index (κ2) is 4.72. The highest BCUT2D eigenvalue weighted by atomic mass is 79.9. The van der Waals surface area contributed by atoms with Crippen LogP contribution in [0.4, 0.5) is 0 Å². The van der Waals surface area contributed by atoms with Gasteiger partial charge >= 0.3 is 5.69 Å². The van der Waals surface area contributed by atoms with Crippen LogP contribution in [0.15, 0.2) is 26.3 Å². The Hall–Kier alpha value is -1.64. The molecule has 3 heterocycles. The summed E-state index contributed by atoms with van der Waals surface area (Å²) in [5, 5.41) is 4.42. The summed E-state index contributed by atoms with van der Waals surface area (Å²) < 4.78 is 1.86. The number of hydrogen-bond acceptors (Lipinski definition) is 4. The fourth-order valence-corrected chi connectivity index (χ4v) is 2.46. The number of H-pyrrole nitrogens is 2. The number of hydrogen-bond donors (Lipinski definition) is 2. The van der Waals surface area contributed by atoms with Gasteiger partial charge in [-0.15, -0.1) is 0 Å². The SMILES string of the molecule is O=c1[nH]cc(-c2cc(Br)c3nc(Cl)c(Cl)n3n2)c(=O)[nH]1. The predicted molar refractivity (Wildman–Crippen MR) is 77.4 cm³/mol. The van der Waals surface area contributed by atoms with Crippen LogP contribution >= 0.6 is 39.1 Å². The van der Waals surface area contributed by atoms with Crippen molar-refractivity contribution in [2.45, 2.75) is 0 Å². The molecule has 0 aliphatic carbocycles. The van der Waals surface area contributed by atoms with E-state index in [0.717, 1.165) is 0 Å². The lowest BCUT2D eigenvalue weighted by Crippen LogP contribution is -2.23. The molecule has 0 bridgehead atoms. The van der Waals surface area contributed by atoms with Crippen molar-refractivity contribution in [2.75, 3.05) is 0 Å². The Morgan fingerprint density at radius 2 is 2.05 bits per heavy atom. The molecule has 102 valence electrons. The highest BCUT2D eigenvalue weighted by Crippen LogP contribution is 2.28. The maximum absolute atomic E-state index is 11.8. The molecule has 10 heteroatoms. The van der Waals surface area contributed by atoms with Gasteiger partial charge in [0, 0.05) is 6.20 Å². The predicted octanol–water partition coefficient (Wildman–Crippen LogP) is 1.84. The van der Waals surface area contributed by atoms with E-state index in [1.165, 1.54) is 10.7 Å². The minimum Gasteiger partial charge on any atom is -0.313 e. The standard InChI is InChI=1S/C10H4BrCl2N5O2/c11-4-1-5(3-2-14-10(20)16-9(3)19)17-18-7(13)6(12)15-8(4)18/h1-2H,(H2,14,16,19,20). The van der Waals surface area contributed by atoms with Gasteiger partial charge in [-0.3, -0.25) is 9.78 Å². The molecule has 0 saturated carbocycles. The number of aromatic nitrogens is 5. The summed E-state index contributed by atoms with van der Waals surface area (Å²) in [6, 6.07) is 1.58. The molecule has 0 aliphatic rings. The lowest BCUT2D eigenvalue weighted by molar-refractivity contribution is 0.930. The van der Waals surface area contributed by atoms with E-state index in [0.29, 0.717) is 15.8 Å². The average molecular weight is 377 g/mol. The number of fused-ring (bicyclic) bond motifs is 1. The zero-order valence-electron chi connectivity index (χ0n) is 9.45. The van der Waals surface area contributed by atoms with Crippen LogP contribution in [-0.2, 0) is 0 Å². The monoisotopic (exact) mass is 375 g/mol. The molecule has 0 radical (unpaired) electrons. The van der Waals surface area contributed by atoms with E-state index < -0.39 is 11.2 Å². The van der Waals surface area contributed by atoms with Gasteiger partial charge in [0.2, 0.25) is 0 Å². The van der Waals surface area contributed by atoms with Crippen molar-refractivity contribution in [1.82, 2.24) is 24.6 Å². The third-order valence-corrected chi connectivity index (χ3v) is 3.82. The summed E-state index contributed by atoms with van der Waals surface area (Å²) in [5.41, 5.74) is -0.243. The summed E-state index contributed by atoms with van der Waals surface area (Å²) in [4.78, 5) is 31.3. The minimum atomic E-state index is -0.595. The Kier molecular flexibility index (Phi) is 3.15.